The van der Waals surface area contributed by atoms with Crippen molar-refractivity contribution in [2.24, 2.45) is 0 Å². The number of aromatic nitrogens is 1. The number of nitrogens with one attached hydrogen (secondary N) is 1. The van der Waals surface area contributed by atoms with E-state index in [0.717, 1.165) is 5.46 Å². The standard InChI is InChI=1S/C22H26BN3O5/c1-6-29-20(28)19-17(25-18(27)11-13-24)12-14-26(19)16-9-7-15(8-10-16)23-30-21(2,3)22(4,5)31-23/h7-10,12,14H,6,11H2,1-5H3,(H,25,27). The van der Waals surface area contributed by atoms with Crippen molar-refractivity contribution in [2.45, 2.75) is 52.2 Å². The molecular formula is C22H26BN3O5. The Morgan fingerprint density at radius 1 is 1.13 bits per heavy atom. The predicted octanol–water partition coefficient (Wildman–Crippen LogP) is 2.81. The van der Waals surface area contributed by atoms with Crippen molar-refractivity contribution in [1.82, 2.24) is 4.57 Å². The highest BCUT2D eigenvalue weighted by Gasteiger charge is 2.51. The van der Waals surface area contributed by atoms with Gasteiger partial charge in [0, 0.05) is 11.9 Å². The van der Waals surface area contributed by atoms with Crippen LogP contribution in [0, 0.1) is 11.3 Å². The van der Waals surface area contributed by atoms with Crippen LogP contribution in [0.1, 0.15) is 51.5 Å². The minimum Gasteiger partial charge on any atom is -0.461 e. The van der Waals surface area contributed by atoms with Crippen LogP contribution in [0.2, 0.25) is 0 Å². The van der Waals surface area contributed by atoms with Crippen LogP contribution < -0.4 is 10.8 Å². The Balaban J connectivity index is 1.90. The highest BCUT2D eigenvalue weighted by atomic mass is 16.7. The molecule has 0 aliphatic carbocycles. The lowest BCUT2D eigenvalue weighted by Crippen LogP contribution is -2.41. The molecule has 162 valence electrons. The lowest BCUT2D eigenvalue weighted by atomic mass is 9.79. The van der Waals surface area contributed by atoms with E-state index in [1.807, 2.05) is 52.0 Å². The first kappa shape index (κ1) is 22.6. The number of nitrogens with zero attached hydrogens (tertiary/aromatic N) is 2. The minimum absolute atomic E-state index is 0.177. The van der Waals surface area contributed by atoms with Crippen LogP contribution in [0.25, 0.3) is 5.69 Å². The molecule has 0 spiro atoms. The number of benzene rings is 1. The van der Waals surface area contributed by atoms with Crippen LogP contribution in [0.3, 0.4) is 0 Å². The maximum Gasteiger partial charge on any atom is 0.494 e. The van der Waals surface area contributed by atoms with Gasteiger partial charge in [-0.3, -0.25) is 4.79 Å². The summed E-state index contributed by atoms with van der Waals surface area (Å²) in [5.74, 6) is -1.07. The molecule has 8 nitrogen and oxygen atoms in total. The molecule has 1 aromatic heterocycles. The third-order valence-corrected chi connectivity index (χ3v) is 5.57. The van der Waals surface area contributed by atoms with E-state index in [-0.39, 0.29) is 24.4 Å². The van der Waals surface area contributed by atoms with Gasteiger partial charge in [-0.25, -0.2) is 4.79 Å². The number of ether oxygens (including phenoxy) is 1. The summed E-state index contributed by atoms with van der Waals surface area (Å²) < 4.78 is 19.0. The van der Waals surface area contributed by atoms with Crippen LogP contribution in [0.15, 0.2) is 36.5 Å². The van der Waals surface area contributed by atoms with Gasteiger partial charge < -0.3 is 23.9 Å². The van der Waals surface area contributed by atoms with E-state index >= 15 is 0 Å². The molecule has 0 atom stereocenters. The lowest BCUT2D eigenvalue weighted by Gasteiger charge is -2.32. The van der Waals surface area contributed by atoms with E-state index in [4.69, 9.17) is 19.3 Å². The molecule has 1 aliphatic rings. The molecule has 2 aromatic rings. The zero-order valence-electron chi connectivity index (χ0n) is 18.4. The van der Waals surface area contributed by atoms with E-state index < -0.39 is 30.2 Å². The summed E-state index contributed by atoms with van der Waals surface area (Å²) in [5, 5.41) is 11.3. The van der Waals surface area contributed by atoms with Gasteiger partial charge in [-0.2, -0.15) is 5.26 Å². The number of carbonyl (C=O) groups excluding carboxylic acids is 2. The number of carbonyl (C=O) groups is 2. The fourth-order valence-corrected chi connectivity index (χ4v) is 3.19. The lowest BCUT2D eigenvalue weighted by molar-refractivity contribution is -0.115. The van der Waals surface area contributed by atoms with Gasteiger partial charge in [0.05, 0.1) is 29.6 Å². The molecular weight excluding hydrogens is 397 g/mol. The van der Waals surface area contributed by atoms with Gasteiger partial charge in [-0.05, 0) is 58.3 Å². The number of hydrogen-bond acceptors (Lipinski definition) is 6. The molecule has 0 bridgehead atoms. The van der Waals surface area contributed by atoms with Gasteiger partial charge in [0.1, 0.15) is 6.42 Å². The summed E-state index contributed by atoms with van der Waals surface area (Å²) in [7, 11) is -0.492. The van der Waals surface area contributed by atoms with Crippen LogP contribution in [-0.4, -0.2) is 41.4 Å². The number of amides is 1. The molecule has 1 aliphatic heterocycles. The highest BCUT2D eigenvalue weighted by Crippen LogP contribution is 2.36. The monoisotopic (exact) mass is 423 g/mol. The Bertz CT molecular complexity index is 1000. The number of hydrogen-bond donors (Lipinski definition) is 1. The maximum absolute atomic E-state index is 12.6. The van der Waals surface area contributed by atoms with Gasteiger partial charge >= 0.3 is 13.1 Å². The summed E-state index contributed by atoms with van der Waals surface area (Å²) in [6, 6.07) is 10.8. The van der Waals surface area contributed by atoms with Crippen LogP contribution >= 0.6 is 0 Å². The third kappa shape index (κ3) is 4.50. The maximum atomic E-state index is 12.6. The Hall–Kier alpha value is -3.09. The normalized spacial score (nSPS) is 16.6. The average Bonchev–Trinajstić information content (AvgIpc) is 3.20. The first-order valence-corrected chi connectivity index (χ1v) is 10.1. The van der Waals surface area contributed by atoms with Crippen LogP contribution in [0.4, 0.5) is 5.69 Å². The van der Waals surface area contributed by atoms with Crippen molar-refractivity contribution in [1.29, 1.82) is 5.26 Å². The van der Waals surface area contributed by atoms with Crippen molar-refractivity contribution in [3.63, 3.8) is 0 Å². The molecule has 1 amide bonds. The van der Waals surface area contributed by atoms with Gasteiger partial charge in [0.2, 0.25) is 5.91 Å². The topological polar surface area (TPSA) is 103 Å². The molecule has 0 unspecified atom stereocenters. The van der Waals surface area contributed by atoms with Crippen molar-refractivity contribution in [3.8, 4) is 11.8 Å². The molecule has 0 radical (unpaired) electrons. The SMILES string of the molecule is CCOC(=O)c1c(NC(=O)CC#N)ccn1-c1ccc(B2OC(C)(C)C(C)(C)O2)cc1. The fraction of sp³-hybridized carbons (Fsp3) is 0.409. The van der Waals surface area contributed by atoms with E-state index in [0.29, 0.717) is 5.69 Å². The summed E-state index contributed by atoms with van der Waals surface area (Å²) in [4.78, 5) is 24.4. The van der Waals surface area contributed by atoms with Crippen molar-refractivity contribution >= 4 is 30.1 Å². The second-order valence-electron chi connectivity index (χ2n) is 8.23. The van der Waals surface area contributed by atoms with Crippen molar-refractivity contribution in [2.75, 3.05) is 11.9 Å². The number of nitriles is 1. The van der Waals surface area contributed by atoms with Gasteiger partial charge in [0.25, 0.3) is 0 Å². The van der Waals surface area contributed by atoms with Crippen LogP contribution in [0.5, 0.6) is 0 Å². The average molecular weight is 423 g/mol. The molecule has 1 saturated heterocycles. The smallest absolute Gasteiger partial charge is 0.461 e. The zero-order valence-corrected chi connectivity index (χ0v) is 18.4. The molecule has 9 heteroatoms. The van der Waals surface area contributed by atoms with E-state index in [2.05, 4.69) is 5.32 Å². The van der Waals surface area contributed by atoms with Crippen LogP contribution in [-0.2, 0) is 18.8 Å². The molecule has 0 saturated carbocycles. The predicted molar refractivity (Wildman–Crippen MR) is 116 cm³/mol. The molecule has 1 N–H and O–H groups in total. The fourth-order valence-electron chi connectivity index (χ4n) is 3.19. The third-order valence-electron chi connectivity index (χ3n) is 5.57. The molecule has 1 aromatic carbocycles. The first-order chi connectivity index (χ1) is 14.6. The zero-order chi connectivity index (χ0) is 22.8. The second-order valence-corrected chi connectivity index (χ2v) is 8.23. The molecule has 2 heterocycles. The first-order valence-electron chi connectivity index (χ1n) is 10.1. The van der Waals surface area contributed by atoms with Crippen molar-refractivity contribution in [3.05, 3.63) is 42.2 Å². The summed E-state index contributed by atoms with van der Waals surface area (Å²) >= 11 is 0. The number of esters is 1. The number of rotatable bonds is 6. The van der Waals surface area contributed by atoms with E-state index in [1.165, 1.54) is 0 Å². The molecule has 3 rings (SSSR count). The Morgan fingerprint density at radius 3 is 2.29 bits per heavy atom. The Labute approximate surface area is 182 Å². The Kier molecular flexibility index (Phi) is 6.25. The van der Waals surface area contributed by atoms with Gasteiger partial charge in [-0.1, -0.05) is 12.1 Å². The van der Waals surface area contributed by atoms with E-state index in [1.54, 1.807) is 29.8 Å². The van der Waals surface area contributed by atoms with Crippen molar-refractivity contribution < 1.29 is 23.6 Å². The van der Waals surface area contributed by atoms with Gasteiger partial charge in [0.15, 0.2) is 5.69 Å². The summed E-state index contributed by atoms with van der Waals surface area (Å²) in [6.45, 7) is 9.88. The largest absolute Gasteiger partial charge is 0.494 e. The Morgan fingerprint density at radius 2 is 1.74 bits per heavy atom. The quantitative estimate of drug-likeness (QED) is 0.566. The van der Waals surface area contributed by atoms with E-state index in [9.17, 15) is 9.59 Å². The summed E-state index contributed by atoms with van der Waals surface area (Å²) in [5.41, 5.74) is 1.14. The molecule has 1 fully saturated rings. The highest BCUT2D eigenvalue weighted by molar-refractivity contribution is 6.62. The minimum atomic E-state index is -0.574. The number of anilines is 1. The summed E-state index contributed by atoms with van der Waals surface area (Å²) in [6.07, 6.45) is 1.36. The van der Waals surface area contributed by atoms with Gasteiger partial charge in [-0.15, -0.1) is 0 Å². The second kappa shape index (κ2) is 8.57. The molecule has 31 heavy (non-hydrogen) atoms.